The van der Waals surface area contributed by atoms with Gasteiger partial charge in [0.05, 0.1) is 27.4 Å². The topological polar surface area (TPSA) is 75.8 Å². The lowest BCUT2D eigenvalue weighted by atomic mass is 10.1. The van der Waals surface area contributed by atoms with Crippen LogP contribution in [0.3, 0.4) is 0 Å². The fourth-order valence-electron chi connectivity index (χ4n) is 4.05. The predicted molar refractivity (Wildman–Crippen MR) is 145 cm³/mol. The quantitative estimate of drug-likeness (QED) is 0.208. The molecule has 4 aromatic carbocycles. The van der Waals surface area contributed by atoms with Crippen molar-refractivity contribution in [3.8, 4) is 0 Å². The molecule has 6 nitrogen and oxygen atoms in total. The van der Waals surface area contributed by atoms with E-state index < -0.39 is 0 Å². The molecule has 0 radical (unpaired) electrons. The Bertz CT molecular complexity index is 1870. The predicted octanol–water partition coefficient (Wildman–Crippen LogP) is 6.55. The molecule has 0 atom stereocenters. The molecule has 7 heteroatoms. The van der Waals surface area contributed by atoms with Gasteiger partial charge in [0.15, 0.2) is 0 Å². The van der Waals surface area contributed by atoms with Crippen LogP contribution in [0.4, 0.5) is 5.13 Å². The highest BCUT2D eigenvalue weighted by molar-refractivity contribution is 7.22. The number of para-hydroxylation sites is 1. The highest BCUT2D eigenvalue weighted by Gasteiger charge is 2.22. The maximum absolute atomic E-state index is 13.7. The van der Waals surface area contributed by atoms with Crippen molar-refractivity contribution >= 4 is 60.5 Å². The monoisotopic (exact) mass is 489 g/mol. The highest BCUT2D eigenvalue weighted by Crippen LogP contribution is 2.31. The van der Waals surface area contributed by atoms with Crippen LogP contribution in [-0.2, 0) is 0 Å². The fourth-order valence-corrected chi connectivity index (χ4v) is 5.07. The van der Waals surface area contributed by atoms with Gasteiger partial charge in [-0.1, -0.05) is 59.9 Å². The summed E-state index contributed by atoms with van der Waals surface area (Å²) in [5, 5.41) is 8.54. The molecule has 0 saturated heterocycles. The number of aryl methyl sites for hydroxylation is 1. The Hall–Kier alpha value is -4.62. The lowest BCUT2D eigenvalue weighted by Gasteiger charge is -2.14. The summed E-state index contributed by atoms with van der Waals surface area (Å²) < 4.78 is 6.55. The van der Waals surface area contributed by atoms with Crippen molar-refractivity contribution in [2.75, 3.05) is 5.01 Å². The van der Waals surface area contributed by atoms with Gasteiger partial charge in [0.2, 0.25) is 10.6 Å². The Balaban J connectivity index is 1.46. The summed E-state index contributed by atoms with van der Waals surface area (Å²) in [6.07, 6.45) is 2.71. The summed E-state index contributed by atoms with van der Waals surface area (Å²) in [5.41, 5.74) is 2.84. The Kier molecular flexibility index (Phi) is 5.39. The summed E-state index contributed by atoms with van der Waals surface area (Å²) in [4.78, 5) is 31.4. The van der Waals surface area contributed by atoms with Gasteiger partial charge in [0.1, 0.15) is 11.8 Å². The molecule has 6 rings (SSSR count). The maximum Gasteiger partial charge on any atom is 0.280 e. The van der Waals surface area contributed by atoms with Crippen LogP contribution in [0.5, 0.6) is 0 Å². The number of hydrogen-bond acceptors (Lipinski definition) is 6. The van der Waals surface area contributed by atoms with Gasteiger partial charge < -0.3 is 4.42 Å². The molecule has 0 spiro atoms. The summed E-state index contributed by atoms with van der Waals surface area (Å²) in [5.74, 6) is -0.349. The standard InChI is InChI=1S/C29H19N3O3S/c1-18-10-13-24-26(14-18)36-29(31-24)32(28(34)21-12-11-19-6-2-3-7-20(19)15-21)30-16-22-17-35-25-9-5-4-8-23(25)27(22)33/h2-17H,1H3/b30-16+. The van der Waals surface area contributed by atoms with Crippen LogP contribution in [0.2, 0.25) is 0 Å². The molecule has 174 valence electrons. The van der Waals surface area contributed by atoms with E-state index in [2.05, 4.69) is 10.1 Å². The first kappa shape index (κ1) is 21.9. The van der Waals surface area contributed by atoms with E-state index in [1.165, 1.54) is 28.8 Å². The molecule has 0 aliphatic carbocycles. The third-order valence-corrected chi connectivity index (χ3v) is 6.92. The molecule has 0 N–H and O–H groups in total. The number of aromatic nitrogens is 1. The van der Waals surface area contributed by atoms with Crippen LogP contribution in [0.1, 0.15) is 21.5 Å². The Labute approximate surface area is 209 Å². The zero-order valence-corrected chi connectivity index (χ0v) is 20.0. The Morgan fingerprint density at radius 3 is 2.67 bits per heavy atom. The highest BCUT2D eigenvalue weighted by atomic mass is 32.1. The second kappa shape index (κ2) is 8.87. The molecular weight excluding hydrogens is 470 g/mol. The molecule has 0 aliphatic heterocycles. The lowest BCUT2D eigenvalue weighted by Crippen LogP contribution is -2.26. The number of amides is 1. The average molecular weight is 490 g/mol. The van der Waals surface area contributed by atoms with Crippen LogP contribution in [0, 0.1) is 6.92 Å². The van der Waals surface area contributed by atoms with Crippen LogP contribution in [0.25, 0.3) is 32.0 Å². The van der Waals surface area contributed by atoms with Gasteiger partial charge in [0, 0.05) is 5.56 Å². The summed E-state index contributed by atoms with van der Waals surface area (Å²) >= 11 is 1.37. The summed E-state index contributed by atoms with van der Waals surface area (Å²) in [7, 11) is 0. The molecule has 0 saturated carbocycles. The Morgan fingerprint density at radius 2 is 1.78 bits per heavy atom. The number of benzene rings is 4. The van der Waals surface area contributed by atoms with Crippen LogP contribution < -0.4 is 10.4 Å². The van der Waals surface area contributed by atoms with Crippen molar-refractivity contribution in [3.05, 3.63) is 118 Å². The van der Waals surface area contributed by atoms with E-state index in [9.17, 15) is 9.59 Å². The number of hydrazone groups is 1. The van der Waals surface area contributed by atoms with E-state index in [1.54, 1.807) is 30.3 Å². The minimum Gasteiger partial charge on any atom is -0.463 e. The van der Waals surface area contributed by atoms with Crippen molar-refractivity contribution in [2.45, 2.75) is 6.92 Å². The van der Waals surface area contributed by atoms with Gasteiger partial charge in [-0.25, -0.2) is 4.98 Å². The van der Waals surface area contributed by atoms with E-state index >= 15 is 0 Å². The SMILES string of the molecule is Cc1ccc2nc(N(/N=C/c3coc4ccccc4c3=O)C(=O)c3ccc4ccccc4c3)sc2c1. The van der Waals surface area contributed by atoms with Crippen molar-refractivity contribution in [3.63, 3.8) is 0 Å². The van der Waals surface area contributed by atoms with Crippen molar-refractivity contribution in [2.24, 2.45) is 5.10 Å². The lowest BCUT2D eigenvalue weighted by molar-refractivity contribution is 0.0988. The molecule has 0 fully saturated rings. The summed E-state index contributed by atoms with van der Waals surface area (Å²) in [6, 6.07) is 26.3. The third kappa shape index (κ3) is 3.95. The maximum atomic E-state index is 13.7. The molecule has 0 aliphatic rings. The zero-order chi connectivity index (χ0) is 24.6. The number of nitrogens with zero attached hydrogens (tertiary/aromatic N) is 3. The second-order valence-electron chi connectivity index (χ2n) is 8.41. The molecule has 0 unspecified atom stereocenters. The van der Waals surface area contributed by atoms with Gasteiger partial charge in [-0.2, -0.15) is 10.1 Å². The number of carbonyl (C=O) groups excluding carboxylic acids is 1. The van der Waals surface area contributed by atoms with Crippen LogP contribution in [-0.4, -0.2) is 17.1 Å². The van der Waals surface area contributed by atoms with Gasteiger partial charge >= 0.3 is 0 Å². The number of anilines is 1. The second-order valence-corrected chi connectivity index (χ2v) is 9.42. The molecular formula is C29H19N3O3S. The van der Waals surface area contributed by atoms with Crippen molar-refractivity contribution < 1.29 is 9.21 Å². The molecule has 2 heterocycles. The van der Waals surface area contributed by atoms with Crippen molar-refractivity contribution in [1.82, 2.24) is 4.98 Å². The van der Waals surface area contributed by atoms with E-state index in [1.807, 2.05) is 61.5 Å². The smallest absolute Gasteiger partial charge is 0.280 e. The minimum atomic E-state index is -0.349. The number of hydrogen-bond donors (Lipinski definition) is 0. The molecule has 2 aromatic heterocycles. The van der Waals surface area contributed by atoms with Gasteiger partial charge in [0.25, 0.3) is 5.91 Å². The van der Waals surface area contributed by atoms with Gasteiger partial charge in [-0.15, -0.1) is 0 Å². The van der Waals surface area contributed by atoms with Crippen LogP contribution in [0.15, 0.2) is 106 Å². The van der Waals surface area contributed by atoms with Crippen molar-refractivity contribution in [1.29, 1.82) is 0 Å². The normalized spacial score (nSPS) is 11.6. The molecule has 6 aromatic rings. The average Bonchev–Trinajstić information content (AvgIpc) is 3.32. The Morgan fingerprint density at radius 1 is 0.972 bits per heavy atom. The first-order valence-electron chi connectivity index (χ1n) is 11.3. The number of fused-ring (bicyclic) bond motifs is 3. The largest absolute Gasteiger partial charge is 0.463 e. The molecule has 1 amide bonds. The van der Waals surface area contributed by atoms with E-state index in [4.69, 9.17) is 4.42 Å². The molecule has 0 bridgehead atoms. The van der Waals surface area contributed by atoms with Crippen LogP contribution >= 0.6 is 11.3 Å². The first-order chi connectivity index (χ1) is 17.6. The summed E-state index contributed by atoms with van der Waals surface area (Å²) in [6.45, 7) is 2.01. The van der Waals surface area contributed by atoms with E-state index in [0.717, 1.165) is 26.6 Å². The zero-order valence-electron chi connectivity index (χ0n) is 19.2. The van der Waals surface area contributed by atoms with Gasteiger partial charge in [-0.05, 0) is 59.7 Å². The first-order valence-corrected chi connectivity index (χ1v) is 12.1. The number of rotatable bonds is 4. The van der Waals surface area contributed by atoms with E-state index in [0.29, 0.717) is 21.7 Å². The van der Waals surface area contributed by atoms with E-state index in [-0.39, 0.29) is 16.9 Å². The third-order valence-electron chi connectivity index (χ3n) is 5.92. The van der Waals surface area contributed by atoms with Gasteiger partial charge in [-0.3, -0.25) is 9.59 Å². The fraction of sp³-hybridized carbons (Fsp3) is 0.0345. The number of thiazole rings is 1. The molecule has 36 heavy (non-hydrogen) atoms. The minimum absolute atomic E-state index is 0.223. The number of carbonyl (C=O) groups is 1.